The van der Waals surface area contributed by atoms with Gasteiger partial charge in [0.2, 0.25) is 0 Å². The molecule has 0 aromatic heterocycles. The highest BCUT2D eigenvalue weighted by Crippen LogP contribution is 2.19. The lowest BCUT2D eigenvalue weighted by Crippen LogP contribution is -2.25. The predicted molar refractivity (Wildman–Crippen MR) is 82.6 cm³/mol. The molecule has 1 aromatic rings. The molecule has 0 spiro atoms. The van der Waals surface area contributed by atoms with E-state index in [1.54, 1.807) is 0 Å². The van der Waals surface area contributed by atoms with E-state index in [2.05, 4.69) is 53.2 Å². The third kappa shape index (κ3) is 4.21. The van der Waals surface area contributed by atoms with Crippen LogP contribution in [0.4, 0.5) is 5.69 Å². The maximum absolute atomic E-state index is 3.44. The van der Waals surface area contributed by atoms with Gasteiger partial charge >= 0.3 is 0 Å². The van der Waals surface area contributed by atoms with Gasteiger partial charge in [-0.15, -0.1) is 0 Å². The van der Waals surface area contributed by atoms with Gasteiger partial charge in [0.1, 0.15) is 0 Å². The van der Waals surface area contributed by atoms with Crippen LogP contribution in [0.25, 0.3) is 0 Å². The Morgan fingerprint density at radius 1 is 1.17 bits per heavy atom. The average molecular weight is 264 g/mol. The molecule has 0 unspecified atom stereocenters. The van der Waals surface area contributed by atoms with Gasteiger partial charge in [-0.1, -0.05) is 19.1 Å². The second kappa shape index (κ2) is 7.70. The molecule has 2 rings (SSSR count). The summed E-state index contributed by atoms with van der Waals surface area (Å²) in [5.41, 5.74) is 2.77. The van der Waals surface area contributed by atoms with E-state index in [9.17, 15) is 0 Å². The van der Waals surface area contributed by atoms with E-state index in [-0.39, 0.29) is 0 Å². The minimum Gasteiger partial charge on any atom is -0.371 e. The van der Waals surface area contributed by atoms with Gasteiger partial charge in [0.05, 0.1) is 0 Å². The molecule has 0 aliphatic carbocycles. The average Bonchev–Trinajstić information content (AvgIpc) is 2.69. The third-order valence-electron chi connectivity index (χ3n) is 3.28. The highest BCUT2D eigenvalue weighted by molar-refractivity contribution is 7.99. The molecule has 0 saturated carbocycles. The van der Waals surface area contributed by atoms with Crippen molar-refractivity contribution in [3.63, 3.8) is 0 Å². The summed E-state index contributed by atoms with van der Waals surface area (Å²) in [5.74, 6) is 2.58. The zero-order valence-electron chi connectivity index (χ0n) is 11.3. The van der Waals surface area contributed by atoms with E-state index in [0.717, 1.165) is 13.1 Å². The summed E-state index contributed by atoms with van der Waals surface area (Å²) in [6, 6.07) is 9.07. The number of hydrogen-bond donors (Lipinski definition) is 1. The molecule has 1 saturated heterocycles. The molecular weight excluding hydrogens is 240 g/mol. The molecule has 100 valence electrons. The number of anilines is 1. The van der Waals surface area contributed by atoms with Crippen LogP contribution in [0, 0.1) is 0 Å². The number of benzene rings is 1. The van der Waals surface area contributed by atoms with Crippen LogP contribution in [0.15, 0.2) is 24.3 Å². The maximum atomic E-state index is 3.44. The Morgan fingerprint density at radius 2 is 2.00 bits per heavy atom. The van der Waals surface area contributed by atoms with Crippen molar-refractivity contribution in [3.05, 3.63) is 29.8 Å². The minimum absolute atomic E-state index is 0.990. The second-order valence-corrected chi connectivity index (χ2v) is 6.02. The summed E-state index contributed by atoms with van der Waals surface area (Å²) in [7, 11) is 0. The van der Waals surface area contributed by atoms with Crippen LogP contribution in [0.3, 0.4) is 0 Å². The Labute approximate surface area is 115 Å². The first-order chi connectivity index (χ1) is 8.90. The molecule has 1 fully saturated rings. The molecule has 1 heterocycles. The summed E-state index contributed by atoms with van der Waals surface area (Å²) < 4.78 is 0. The lowest BCUT2D eigenvalue weighted by Gasteiger charge is -2.22. The fraction of sp³-hybridized carbons (Fsp3) is 0.600. The lowest BCUT2D eigenvalue weighted by molar-refractivity contribution is 0.675. The SMILES string of the molecule is CCCNCc1ccc(N2CCCSCC2)cc1. The van der Waals surface area contributed by atoms with Crippen LogP contribution in [-0.4, -0.2) is 31.1 Å². The predicted octanol–water partition coefficient (Wildman–Crippen LogP) is 3.13. The zero-order valence-corrected chi connectivity index (χ0v) is 12.1. The molecular formula is C15H24N2S. The molecule has 1 aliphatic heterocycles. The largest absolute Gasteiger partial charge is 0.371 e. The molecule has 1 aliphatic rings. The lowest BCUT2D eigenvalue weighted by atomic mass is 10.2. The Kier molecular flexibility index (Phi) is 5.88. The van der Waals surface area contributed by atoms with Crippen LogP contribution in [0.5, 0.6) is 0 Å². The standard InChI is InChI=1S/C15H24N2S/c1-2-8-16-13-14-4-6-15(7-5-14)17-9-3-11-18-12-10-17/h4-7,16H,2-3,8-13H2,1H3. The van der Waals surface area contributed by atoms with Crippen molar-refractivity contribution in [1.82, 2.24) is 5.32 Å². The molecule has 0 bridgehead atoms. The molecule has 1 aromatic carbocycles. The first-order valence-corrected chi connectivity index (χ1v) is 8.18. The van der Waals surface area contributed by atoms with E-state index in [1.807, 2.05) is 0 Å². The fourth-order valence-corrected chi connectivity index (χ4v) is 3.13. The quantitative estimate of drug-likeness (QED) is 0.823. The van der Waals surface area contributed by atoms with Crippen molar-refractivity contribution in [2.24, 2.45) is 0 Å². The number of thioether (sulfide) groups is 1. The highest BCUT2D eigenvalue weighted by atomic mass is 32.2. The van der Waals surface area contributed by atoms with Crippen LogP contribution < -0.4 is 10.2 Å². The van der Waals surface area contributed by atoms with E-state index >= 15 is 0 Å². The summed E-state index contributed by atoms with van der Waals surface area (Å²) in [5, 5.41) is 3.44. The fourth-order valence-electron chi connectivity index (χ4n) is 2.24. The first kappa shape index (κ1) is 13.8. The number of hydrogen-bond acceptors (Lipinski definition) is 3. The van der Waals surface area contributed by atoms with Gasteiger partial charge in [0.15, 0.2) is 0 Å². The third-order valence-corrected chi connectivity index (χ3v) is 4.33. The first-order valence-electron chi connectivity index (χ1n) is 7.02. The molecule has 3 heteroatoms. The van der Waals surface area contributed by atoms with Crippen LogP contribution in [0.1, 0.15) is 25.3 Å². The van der Waals surface area contributed by atoms with Crippen molar-refractivity contribution in [2.75, 3.05) is 36.0 Å². The van der Waals surface area contributed by atoms with Crippen molar-refractivity contribution < 1.29 is 0 Å². The second-order valence-electron chi connectivity index (χ2n) is 4.80. The Morgan fingerprint density at radius 3 is 2.78 bits per heavy atom. The van der Waals surface area contributed by atoms with Crippen molar-refractivity contribution >= 4 is 17.4 Å². The van der Waals surface area contributed by atoms with Crippen LogP contribution in [0.2, 0.25) is 0 Å². The molecule has 18 heavy (non-hydrogen) atoms. The van der Waals surface area contributed by atoms with Crippen LogP contribution >= 0.6 is 11.8 Å². The van der Waals surface area contributed by atoms with Gasteiger partial charge in [-0.2, -0.15) is 11.8 Å². The molecule has 0 amide bonds. The van der Waals surface area contributed by atoms with E-state index in [4.69, 9.17) is 0 Å². The number of nitrogens with zero attached hydrogens (tertiary/aromatic N) is 1. The normalized spacial score (nSPS) is 16.6. The Balaban J connectivity index is 1.89. The van der Waals surface area contributed by atoms with Gasteiger partial charge in [-0.05, 0) is 42.8 Å². The van der Waals surface area contributed by atoms with Crippen molar-refractivity contribution in [1.29, 1.82) is 0 Å². The molecule has 0 atom stereocenters. The summed E-state index contributed by atoms with van der Waals surface area (Å²) in [6.07, 6.45) is 2.51. The van der Waals surface area contributed by atoms with Crippen molar-refractivity contribution in [2.45, 2.75) is 26.3 Å². The molecule has 2 nitrogen and oxygen atoms in total. The summed E-state index contributed by atoms with van der Waals surface area (Å²) >= 11 is 2.08. The molecule has 1 N–H and O–H groups in total. The summed E-state index contributed by atoms with van der Waals surface area (Å²) in [4.78, 5) is 2.52. The monoisotopic (exact) mass is 264 g/mol. The number of rotatable bonds is 5. The van der Waals surface area contributed by atoms with Gasteiger partial charge in [0.25, 0.3) is 0 Å². The smallest absolute Gasteiger partial charge is 0.0366 e. The van der Waals surface area contributed by atoms with E-state index in [0.29, 0.717) is 0 Å². The van der Waals surface area contributed by atoms with Crippen LogP contribution in [-0.2, 0) is 6.54 Å². The highest BCUT2D eigenvalue weighted by Gasteiger charge is 2.09. The minimum atomic E-state index is 0.990. The van der Waals surface area contributed by atoms with Gasteiger partial charge in [0, 0.05) is 31.1 Å². The maximum Gasteiger partial charge on any atom is 0.0366 e. The summed E-state index contributed by atoms with van der Waals surface area (Å²) in [6.45, 7) is 6.70. The van der Waals surface area contributed by atoms with Gasteiger partial charge < -0.3 is 10.2 Å². The van der Waals surface area contributed by atoms with E-state index in [1.165, 1.54) is 48.7 Å². The van der Waals surface area contributed by atoms with E-state index < -0.39 is 0 Å². The Bertz CT molecular complexity index is 329. The Hall–Kier alpha value is -0.670. The molecule has 0 radical (unpaired) electrons. The number of nitrogens with one attached hydrogen (secondary N) is 1. The van der Waals surface area contributed by atoms with Gasteiger partial charge in [-0.3, -0.25) is 0 Å². The van der Waals surface area contributed by atoms with Crippen molar-refractivity contribution in [3.8, 4) is 0 Å². The van der Waals surface area contributed by atoms with Gasteiger partial charge in [-0.25, -0.2) is 0 Å². The topological polar surface area (TPSA) is 15.3 Å². The zero-order chi connectivity index (χ0) is 12.6.